The molecule has 8 nitrogen and oxygen atoms in total. The summed E-state index contributed by atoms with van der Waals surface area (Å²) in [5, 5.41) is 7.73. The van der Waals surface area contributed by atoms with Crippen LogP contribution in [0.1, 0.15) is 54.4 Å². The Balaban J connectivity index is 1.76. The van der Waals surface area contributed by atoms with Gasteiger partial charge in [-0.3, -0.25) is 14.5 Å². The first-order valence-corrected chi connectivity index (χ1v) is 8.93. The van der Waals surface area contributed by atoms with Crippen molar-refractivity contribution < 1.29 is 14.1 Å². The number of rotatable bonds is 5. The van der Waals surface area contributed by atoms with Gasteiger partial charge in [0, 0.05) is 24.8 Å². The van der Waals surface area contributed by atoms with Crippen LogP contribution in [0.15, 0.2) is 10.6 Å². The molecule has 0 aliphatic carbocycles. The van der Waals surface area contributed by atoms with E-state index >= 15 is 0 Å². The summed E-state index contributed by atoms with van der Waals surface area (Å²) in [7, 11) is 0. The fourth-order valence-electron chi connectivity index (χ4n) is 3.31. The Hall–Kier alpha value is -2.48. The van der Waals surface area contributed by atoms with E-state index in [2.05, 4.69) is 15.5 Å². The van der Waals surface area contributed by atoms with E-state index in [0.29, 0.717) is 22.4 Å². The SMILES string of the molecule is Cc1noc2nc(C(C)C)cc(C(=O)NC3CCN(CC(N)=O)CC3)c12. The molecule has 140 valence electrons. The van der Waals surface area contributed by atoms with Crippen molar-refractivity contribution in [1.29, 1.82) is 0 Å². The van der Waals surface area contributed by atoms with E-state index in [4.69, 9.17) is 10.3 Å². The Kier molecular flexibility index (Phi) is 5.22. The molecule has 0 radical (unpaired) electrons. The van der Waals surface area contributed by atoms with Crippen LogP contribution < -0.4 is 11.1 Å². The van der Waals surface area contributed by atoms with Crippen LogP contribution in [0.25, 0.3) is 11.1 Å². The fourth-order valence-corrected chi connectivity index (χ4v) is 3.31. The van der Waals surface area contributed by atoms with Gasteiger partial charge < -0.3 is 15.6 Å². The number of hydrogen-bond acceptors (Lipinski definition) is 6. The largest absolute Gasteiger partial charge is 0.369 e. The quantitative estimate of drug-likeness (QED) is 0.832. The molecule has 0 saturated carbocycles. The summed E-state index contributed by atoms with van der Waals surface area (Å²) in [6.07, 6.45) is 1.57. The Labute approximate surface area is 152 Å². The number of nitrogens with two attached hydrogens (primary N) is 1. The molecule has 3 heterocycles. The van der Waals surface area contributed by atoms with Gasteiger partial charge in [-0.25, -0.2) is 4.98 Å². The van der Waals surface area contributed by atoms with Crippen LogP contribution in [0.5, 0.6) is 0 Å². The van der Waals surface area contributed by atoms with Gasteiger partial charge in [-0.15, -0.1) is 0 Å². The Morgan fingerprint density at radius 1 is 1.38 bits per heavy atom. The van der Waals surface area contributed by atoms with Gasteiger partial charge in [0.25, 0.3) is 11.6 Å². The third-order valence-corrected chi connectivity index (χ3v) is 4.78. The monoisotopic (exact) mass is 359 g/mol. The fraction of sp³-hybridized carbons (Fsp3) is 0.556. The standard InChI is InChI=1S/C18H25N5O3/c1-10(2)14-8-13(16-11(3)22-26-18(16)21-14)17(25)20-12-4-6-23(7-5-12)9-15(19)24/h8,10,12H,4-7,9H2,1-3H3,(H2,19,24)(H,20,25). The summed E-state index contributed by atoms with van der Waals surface area (Å²) in [4.78, 5) is 30.4. The number of aryl methyl sites for hydroxylation is 1. The van der Waals surface area contributed by atoms with Crippen LogP contribution in [0.2, 0.25) is 0 Å². The summed E-state index contributed by atoms with van der Waals surface area (Å²) in [5.41, 5.74) is 7.65. The van der Waals surface area contributed by atoms with Crippen LogP contribution in [0.3, 0.4) is 0 Å². The maximum absolute atomic E-state index is 12.9. The molecule has 1 saturated heterocycles. The van der Waals surface area contributed by atoms with Gasteiger partial charge >= 0.3 is 0 Å². The van der Waals surface area contributed by atoms with Crippen LogP contribution in [0.4, 0.5) is 0 Å². The highest BCUT2D eigenvalue weighted by Gasteiger charge is 2.25. The van der Waals surface area contributed by atoms with E-state index in [1.807, 2.05) is 31.7 Å². The zero-order valence-electron chi connectivity index (χ0n) is 15.4. The molecule has 0 aromatic carbocycles. The summed E-state index contributed by atoms with van der Waals surface area (Å²) in [5.74, 6) is -0.289. The lowest BCUT2D eigenvalue weighted by Crippen LogP contribution is -2.46. The number of hydrogen-bond donors (Lipinski definition) is 2. The average molecular weight is 359 g/mol. The second-order valence-corrected chi connectivity index (χ2v) is 7.19. The lowest BCUT2D eigenvalue weighted by Gasteiger charge is -2.31. The zero-order valence-corrected chi connectivity index (χ0v) is 15.4. The topological polar surface area (TPSA) is 114 Å². The molecule has 2 amide bonds. The molecule has 3 N–H and O–H groups in total. The normalized spacial score (nSPS) is 16.3. The highest BCUT2D eigenvalue weighted by molar-refractivity contribution is 6.06. The molecule has 8 heteroatoms. The molecular weight excluding hydrogens is 334 g/mol. The number of nitrogens with zero attached hydrogens (tertiary/aromatic N) is 3. The molecule has 0 atom stereocenters. The number of piperidine rings is 1. The smallest absolute Gasteiger partial charge is 0.259 e. The first-order valence-electron chi connectivity index (χ1n) is 8.93. The van der Waals surface area contributed by atoms with Crippen molar-refractivity contribution in [3.05, 3.63) is 23.0 Å². The first kappa shape index (κ1) is 18.3. The third kappa shape index (κ3) is 3.85. The van der Waals surface area contributed by atoms with E-state index in [1.54, 1.807) is 0 Å². The molecule has 26 heavy (non-hydrogen) atoms. The van der Waals surface area contributed by atoms with Crippen LogP contribution in [-0.2, 0) is 4.79 Å². The second-order valence-electron chi connectivity index (χ2n) is 7.19. The summed E-state index contributed by atoms with van der Waals surface area (Å²) in [6.45, 7) is 7.60. The number of aromatic nitrogens is 2. The maximum atomic E-state index is 12.9. The number of nitrogens with one attached hydrogen (secondary N) is 1. The molecule has 0 spiro atoms. The number of primary amides is 1. The summed E-state index contributed by atoms with van der Waals surface area (Å²) >= 11 is 0. The first-order chi connectivity index (χ1) is 12.3. The van der Waals surface area contributed by atoms with Gasteiger partial charge in [-0.1, -0.05) is 19.0 Å². The van der Waals surface area contributed by atoms with Crippen LogP contribution in [0, 0.1) is 6.92 Å². The van der Waals surface area contributed by atoms with Gasteiger partial charge in [0.05, 0.1) is 23.2 Å². The predicted octanol–water partition coefficient (Wildman–Crippen LogP) is 1.33. The highest BCUT2D eigenvalue weighted by Crippen LogP contribution is 2.25. The van der Waals surface area contributed by atoms with Crippen molar-refractivity contribution in [2.24, 2.45) is 5.73 Å². The predicted molar refractivity (Wildman–Crippen MR) is 96.8 cm³/mol. The zero-order chi connectivity index (χ0) is 18.8. The van der Waals surface area contributed by atoms with E-state index in [-0.39, 0.29) is 30.3 Å². The van der Waals surface area contributed by atoms with E-state index in [1.165, 1.54) is 0 Å². The molecule has 0 unspecified atom stereocenters. The minimum Gasteiger partial charge on any atom is -0.369 e. The minimum atomic E-state index is -0.323. The number of likely N-dealkylation sites (tertiary alicyclic amines) is 1. The van der Waals surface area contributed by atoms with Gasteiger partial charge in [-0.05, 0) is 31.7 Å². The third-order valence-electron chi connectivity index (χ3n) is 4.78. The van der Waals surface area contributed by atoms with Gasteiger partial charge in [0.2, 0.25) is 5.91 Å². The molecule has 1 aliphatic heterocycles. The Morgan fingerprint density at radius 2 is 2.08 bits per heavy atom. The Morgan fingerprint density at radius 3 is 2.69 bits per heavy atom. The molecule has 3 rings (SSSR count). The Bertz CT molecular complexity index is 822. The lowest BCUT2D eigenvalue weighted by atomic mass is 10.0. The average Bonchev–Trinajstić information content (AvgIpc) is 2.96. The number of pyridine rings is 1. The van der Waals surface area contributed by atoms with Crippen molar-refractivity contribution in [2.75, 3.05) is 19.6 Å². The molecule has 0 bridgehead atoms. The van der Waals surface area contributed by atoms with Gasteiger partial charge in [0.15, 0.2) is 0 Å². The van der Waals surface area contributed by atoms with E-state index in [0.717, 1.165) is 31.6 Å². The van der Waals surface area contributed by atoms with Crippen molar-refractivity contribution in [3.8, 4) is 0 Å². The van der Waals surface area contributed by atoms with Gasteiger partial charge in [0.1, 0.15) is 0 Å². The van der Waals surface area contributed by atoms with Crippen molar-refractivity contribution in [1.82, 2.24) is 20.4 Å². The van der Waals surface area contributed by atoms with Crippen LogP contribution in [-0.4, -0.2) is 52.5 Å². The van der Waals surface area contributed by atoms with Crippen molar-refractivity contribution >= 4 is 22.9 Å². The van der Waals surface area contributed by atoms with Gasteiger partial charge in [-0.2, -0.15) is 0 Å². The highest BCUT2D eigenvalue weighted by atomic mass is 16.5. The van der Waals surface area contributed by atoms with E-state index < -0.39 is 0 Å². The number of carbonyl (C=O) groups is 2. The summed E-state index contributed by atoms with van der Waals surface area (Å²) < 4.78 is 5.28. The number of amides is 2. The summed E-state index contributed by atoms with van der Waals surface area (Å²) in [6, 6.07) is 1.90. The lowest BCUT2D eigenvalue weighted by molar-refractivity contribution is -0.119. The van der Waals surface area contributed by atoms with Crippen molar-refractivity contribution in [3.63, 3.8) is 0 Å². The van der Waals surface area contributed by atoms with E-state index in [9.17, 15) is 9.59 Å². The molecule has 1 fully saturated rings. The van der Waals surface area contributed by atoms with Crippen molar-refractivity contribution in [2.45, 2.75) is 45.6 Å². The maximum Gasteiger partial charge on any atom is 0.259 e. The molecular formula is C18H25N5O3. The number of fused-ring (bicyclic) bond motifs is 1. The molecule has 1 aliphatic rings. The van der Waals surface area contributed by atoms with Crippen LogP contribution >= 0.6 is 0 Å². The number of carbonyl (C=O) groups excluding carboxylic acids is 2. The molecule has 2 aromatic heterocycles. The second kappa shape index (κ2) is 7.41. The molecule has 2 aromatic rings. The minimum absolute atomic E-state index is 0.0671.